The van der Waals surface area contributed by atoms with Gasteiger partial charge in [-0.1, -0.05) is 11.6 Å². The van der Waals surface area contributed by atoms with Crippen LogP contribution in [-0.4, -0.2) is 60.0 Å². The van der Waals surface area contributed by atoms with Crippen LogP contribution in [0.25, 0.3) is 0 Å². The molecule has 140 valence electrons. The predicted octanol–water partition coefficient (Wildman–Crippen LogP) is 3.00. The number of β-amino-alcohol motifs (C(OH)–C–C–N with tert-alkyl or cyclic N) is 1. The van der Waals surface area contributed by atoms with Gasteiger partial charge in [0.05, 0.1) is 0 Å². The van der Waals surface area contributed by atoms with Gasteiger partial charge in [-0.2, -0.15) is 0 Å². The summed E-state index contributed by atoms with van der Waals surface area (Å²) in [6, 6.07) is 14.4. The summed E-state index contributed by atoms with van der Waals surface area (Å²) < 4.78 is 5.66. The lowest BCUT2D eigenvalue weighted by Crippen LogP contribution is -2.52. The van der Waals surface area contributed by atoms with E-state index in [1.807, 2.05) is 24.3 Å². The van der Waals surface area contributed by atoms with Crippen LogP contribution in [0.2, 0.25) is 5.02 Å². The number of phenolic OH excluding ortho intramolecular Hbond substituents is 1. The van der Waals surface area contributed by atoms with Gasteiger partial charge in [0.25, 0.3) is 0 Å². The Morgan fingerprint density at radius 1 is 1.00 bits per heavy atom. The van der Waals surface area contributed by atoms with Crippen LogP contribution in [-0.2, 0) is 0 Å². The third-order valence-electron chi connectivity index (χ3n) is 4.51. The van der Waals surface area contributed by atoms with Gasteiger partial charge in [0.15, 0.2) is 0 Å². The van der Waals surface area contributed by atoms with E-state index in [9.17, 15) is 10.2 Å². The number of ether oxygens (including phenoxy) is 1. The Morgan fingerprint density at radius 3 is 2.23 bits per heavy atom. The van der Waals surface area contributed by atoms with E-state index in [1.165, 1.54) is 5.69 Å². The third kappa shape index (κ3) is 5.27. The quantitative estimate of drug-likeness (QED) is 0.811. The molecule has 2 aromatic carbocycles. The number of aromatic hydroxyl groups is 1. The highest BCUT2D eigenvalue weighted by Crippen LogP contribution is 2.21. The number of benzene rings is 2. The molecule has 1 aliphatic heterocycles. The summed E-state index contributed by atoms with van der Waals surface area (Å²) in [7, 11) is 0. The van der Waals surface area contributed by atoms with Gasteiger partial charge in [0.1, 0.15) is 23.7 Å². The number of hydrogen-bond acceptors (Lipinski definition) is 5. The molecule has 0 bridgehead atoms. The van der Waals surface area contributed by atoms with Gasteiger partial charge in [0, 0.05) is 43.4 Å². The van der Waals surface area contributed by atoms with Crippen LogP contribution in [0.15, 0.2) is 48.5 Å². The highest BCUT2D eigenvalue weighted by atomic mass is 35.5. The van der Waals surface area contributed by atoms with Crippen LogP contribution in [0.5, 0.6) is 11.5 Å². The summed E-state index contributed by atoms with van der Waals surface area (Å²) in [4.78, 5) is 4.58. The van der Waals surface area contributed by atoms with Crippen LogP contribution in [0.3, 0.4) is 0 Å². The summed E-state index contributed by atoms with van der Waals surface area (Å²) in [5.74, 6) is 0.832. The van der Waals surface area contributed by atoms with Crippen LogP contribution < -0.4 is 9.64 Å². The topological polar surface area (TPSA) is 56.2 Å². The standard InChI is InChI=1S/C20H25ClN2O3/c1-20(25,15-26-19-8-6-18(24)7-9-19)14-22-10-12-23(13-11-22)17-4-2-16(21)3-5-17/h2-9,24-25H,10-15H2,1H3. The molecular weight excluding hydrogens is 352 g/mol. The first-order valence-corrected chi connectivity index (χ1v) is 9.16. The fraction of sp³-hybridized carbons (Fsp3) is 0.400. The van der Waals surface area contributed by atoms with E-state index in [4.69, 9.17) is 16.3 Å². The molecule has 2 aromatic rings. The maximum absolute atomic E-state index is 10.7. The number of aliphatic hydroxyl groups is 1. The minimum Gasteiger partial charge on any atom is -0.508 e. The van der Waals surface area contributed by atoms with Gasteiger partial charge in [-0.15, -0.1) is 0 Å². The smallest absolute Gasteiger partial charge is 0.119 e. The van der Waals surface area contributed by atoms with E-state index in [0.717, 1.165) is 31.2 Å². The molecule has 3 rings (SSSR count). The average molecular weight is 377 g/mol. The van der Waals surface area contributed by atoms with Gasteiger partial charge in [-0.25, -0.2) is 0 Å². The first-order chi connectivity index (χ1) is 12.4. The van der Waals surface area contributed by atoms with Crippen molar-refractivity contribution in [3.05, 3.63) is 53.6 Å². The normalized spacial score (nSPS) is 17.7. The van der Waals surface area contributed by atoms with E-state index in [2.05, 4.69) is 9.80 Å². The van der Waals surface area contributed by atoms with E-state index in [1.54, 1.807) is 31.2 Å². The van der Waals surface area contributed by atoms with Crippen LogP contribution in [0.4, 0.5) is 5.69 Å². The zero-order valence-electron chi connectivity index (χ0n) is 14.9. The van der Waals surface area contributed by atoms with Crippen molar-refractivity contribution in [2.75, 3.05) is 44.2 Å². The minimum atomic E-state index is -0.944. The Kier molecular flexibility index (Phi) is 5.91. The summed E-state index contributed by atoms with van der Waals surface area (Å²) in [6.45, 7) is 6.15. The number of phenols is 1. The first-order valence-electron chi connectivity index (χ1n) is 8.78. The zero-order chi connectivity index (χ0) is 18.6. The maximum Gasteiger partial charge on any atom is 0.119 e. The predicted molar refractivity (Wildman–Crippen MR) is 104 cm³/mol. The van der Waals surface area contributed by atoms with Crippen molar-refractivity contribution in [1.29, 1.82) is 0 Å². The van der Waals surface area contributed by atoms with Gasteiger partial charge < -0.3 is 19.8 Å². The molecule has 6 heteroatoms. The molecule has 1 saturated heterocycles. The second kappa shape index (κ2) is 8.16. The lowest BCUT2D eigenvalue weighted by atomic mass is 10.1. The van der Waals surface area contributed by atoms with Gasteiger partial charge in [-0.05, 0) is 55.5 Å². The number of nitrogens with zero attached hydrogens (tertiary/aromatic N) is 2. The first kappa shape index (κ1) is 18.8. The summed E-state index contributed by atoms with van der Waals surface area (Å²) in [6.07, 6.45) is 0. The Labute approximate surface area is 159 Å². The summed E-state index contributed by atoms with van der Waals surface area (Å²) in [5.41, 5.74) is 0.233. The number of piperazine rings is 1. The Bertz CT molecular complexity index is 696. The molecule has 0 radical (unpaired) electrons. The number of anilines is 1. The zero-order valence-corrected chi connectivity index (χ0v) is 15.7. The SMILES string of the molecule is CC(O)(COc1ccc(O)cc1)CN1CCN(c2ccc(Cl)cc2)CC1. The monoisotopic (exact) mass is 376 g/mol. The number of rotatable bonds is 6. The van der Waals surface area contributed by atoms with Crippen molar-refractivity contribution >= 4 is 17.3 Å². The molecule has 0 aliphatic carbocycles. The van der Waals surface area contributed by atoms with E-state index in [0.29, 0.717) is 12.3 Å². The van der Waals surface area contributed by atoms with Crippen molar-refractivity contribution in [1.82, 2.24) is 4.90 Å². The molecule has 0 aromatic heterocycles. The van der Waals surface area contributed by atoms with Crippen LogP contribution >= 0.6 is 11.6 Å². The highest BCUT2D eigenvalue weighted by molar-refractivity contribution is 6.30. The lowest BCUT2D eigenvalue weighted by molar-refractivity contribution is -0.0184. The van der Waals surface area contributed by atoms with E-state index >= 15 is 0 Å². The number of hydrogen-bond donors (Lipinski definition) is 2. The summed E-state index contributed by atoms with van der Waals surface area (Å²) >= 11 is 5.95. The number of halogens is 1. The molecule has 1 unspecified atom stereocenters. The summed E-state index contributed by atoms with van der Waals surface area (Å²) in [5, 5.41) is 20.7. The Morgan fingerprint density at radius 2 is 1.62 bits per heavy atom. The molecule has 0 saturated carbocycles. The van der Waals surface area contributed by atoms with Crippen molar-refractivity contribution in [2.45, 2.75) is 12.5 Å². The lowest BCUT2D eigenvalue weighted by Gasteiger charge is -2.39. The molecule has 0 amide bonds. The fourth-order valence-corrected chi connectivity index (χ4v) is 3.25. The third-order valence-corrected chi connectivity index (χ3v) is 4.77. The van der Waals surface area contributed by atoms with Crippen molar-refractivity contribution in [3.8, 4) is 11.5 Å². The second-order valence-electron chi connectivity index (χ2n) is 7.02. The highest BCUT2D eigenvalue weighted by Gasteiger charge is 2.27. The van der Waals surface area contributed by atoms with Gasteiger partial charge >= 0.3 is 0 Å². The van der Waals surface area contributed by atoms with Gasteiger partial charge in [-0.3, -0.25) is 4.90 Å². The molecule has 5 nitrogen and oxygen atoms in total. The molecule has 1 fully saturated rings. The van der Waals surface area contributed by atoms with E-state index in [-0.39, 0.29) is 12.4 Å². The largest absolute Gasteiger partial charge is 0.508 e. The average Bonchev–Trinajstić information content (AvgIpc) is 2.62. The van der Waals surface area contributed by atoms with Crippen molar-refractivity contribution in [3.63, 3.8) is 0 Å². The van der Waals surface area contributed by atoms with Crippen molar-refractivity contribution in [2.24, 2.45) is 0 Å². The van der Waals surface area contributed by atoms with E-state index < -0.39 is 5.60 Å². The Balaban J connectivity index is 1.46. The van der Waals surface area contributed by atoms with Gasteiger partial charge in [0.2, 0.25) is 0 Å². The second-order valence-corrected chi connectivity index (χ2v) is 7.46. The molecule has 1 aliphatic rings. The Hall–Kier alpha value is -1.95. The van der Waals surface area contributed by atoms with Crippen LogP contribution in [0.1, 0.15) is 6.92 Å². The molecule has 26 heavy (non-hydrogen) atoms. The minimum absolute atomic E-state index is 0.197. The van der Waals surface area contributed by atoms with Crippen LogP contribution in [0, 0.1) is 0 Å². The molecule has 1 heterocycles. The molecular formula is C20H25ClN2O3. The molecule has 2 N–H and O–H groups in total. The maximum atomic E-state index is 10.7. The molecule has 0 spiro atoms. The van der Waals surface area contributed by atoms with Crippen molar-refractivity contribution < 1.29 is 14.9 Å². The fourth-order valence-electron chi connectivity index (χ4n) is 3.12. The molecule has 1 atom stereocenters.